The molecule has 7 heteroatoms. The summed E-state index contributed by atoms with van der Waals surface area (Å²) in [5.41, 5.74) is 1.23. The first-order valence-corrected chi connectivity index (χ1v) is 7.90. The van der Waals surface area contributed by atoms with E-state index in [2.05, 4.69) is 21.2 Å². The molecular formula is C15H13BrFNO3S. The second-order valence-corrected chi connectivity index (χ2v) is 6.64. The van der Waals surface area contributed by atoms with Gasteiger partial charge in [-0.25, -0.2) is 9.18 Å². The largest absolute Gasteiger partial charge is 0.465 e. The normalized spacial score (nSPS) is 10.4. The molecule has 2 aromatic rings. The number of methoxy groups -OCH3 is 1. The Labute approximate surface area is 139 Å². The number of esters is 1. The molecule has 0 atom stereocenters. The lowest BCUT2D eigenvalue weighted by Crippen LogP contribution is -2.15. The monoisotopic (exact) mass is 385 g/mol. The van der Waals surface area contributed by atoms with Crippen LogP contribution in [0.3, 0.4) is 0 Å². The van der Waals surface area contributed by atoms with E-state index in [0.717, 1.165) is 16.5 Å². The number of benzene rings is 1. The maximum Gasteiger partial charge on any atom is 0.341 e. The lowest BCUT2D eigenvalue weighted by Gasteiger charge is -2.07. The van der Waals surface area contributed by atoms with Crippen molar-refractivity contribution >= 4 is 44.1 Å². The van der Waals surface area contributed by atoms with Gasteiger partial charge in [0.15, 0.2) is 0 Å². The summed E-state index contributed by atoms with van der Waals surface area (Å²) in [5, 5.41) is 3.05. The molecule has 22 heavy (non-hydrogen) atoms. The van der Waals surface area contributed by atoms with Crippen molar-refractivity contribution in [2.45, 2.75) is 13.8 Å². The summed E-state index contributed by atoms with van der Waals surface area (Å²) in [6.07, 6.45) is 0. The summed E-state index contributed by atoms with van der Waals surface area (Å²) in [5.74, 6) is -1.53. The van der Waals surface area contributed by atoms with E-state index in [1.807, 2.05) is 6.92 Å². The highest BCUT2D eigenvalue weighted by molar-refractivity contribution is 9.10. The number of nitrogens with one attached hydrogen (secondary N) is 1. The van der Waals surface area contributed by atoms with E-state index in [4.69, 9.17) is 4.74 Å². The van der Waals surface area contributed by atoms with Crippen LogP contribution >= 0.6 is 27.3 Å². The van der Waals surface area contributed by atoms with Crippen molar-refractivity contribution < 1.29 is 18.7 Å². The van der Waals surface area contributed by atoms with Crippen molar-refractivity contribution in [3.05, 3.63) is 50.1 Å². The number of aryl methyl sites for hydroxylation is 1. The van der Waals surface area contributed by atoms with E-state index in [1.165, 1.54) is 30.6 Å². The van der Waals surface area contributed by atoms with Crippen molar-refractivity contribution in [2.24, 2.45) is 0 Å². The number of amides is 1. The summed E-state index contributed by atoms with van der Waals surface area (Å²) in [6.45, 7) is 3.63. The Balaban J connectivity index is 2.39. The quantitative estimate of drug-likeness (QED) is 0.801. The Bertz CT molecular complexity index is 757. The highest BCUT2D eigenvalue weighted by Crippen LogP contribution is 2.33. The van der Waals surface area contributed by atoms with Crippen LogP contribution in [0.15, 0.2) is 22.7 Å². The van der Waals surface area contributed by atoms with Crippen LogP contribution in [0, 0.1) is 19.7 Å². The minimum atomic E-state index is -0.518. The van der Waals surface area contributed by atoms with Crippen molar-refractivity contribution in [3.63, 3.8) is 0 Å². The van der Waals surface area contributed by atoms with Crippen molar-refractivity contribution in [3.8, 4) is 0 Å². The van der Waals surface area contributed by atoms with E-state index < -0.39 is 17.7 Å². The molecule has 0 saturated carbocycles. The van der Waals surface area contributed by atoms with Crippen molar-refractivity contribution in [1.29, 1.82) is 0 Å². The smallest absolute Gasteiger partial charge is 0.341 e. The standard InChI is InChI=1S/C15H13BrFNO3S/c1-7-8(2)22-14(12(7)15(20)21-3)18-13(19)10-6-9(17)4-5-11(10)16/h4-6H,1-3H3,(H,18,19). The molecule has 0 aliphatic heterocycles. The number of carbonyl (C=O) groups is 2. The number of halogens is 2. The highest BCUT2D eigenvalue weighted by atomic mass is 79.9. The SMILES string of the molecule is COC(=O)c1c(NC(=O)c2cc(F)ccc2Br)sc(C)c1C. The second kappa shape index (κ2) is 6.58. The molecule has 0 bridgehead atoms. The molecule has 4 nitrogen and oxygen atoms in total. The zero-order chi connectivity index (χ0) is 16.4. The molecule has 0 spiro atoms. The molecule has 1 heterocycles. The molecule has 0 radical (unpaired) electrons. The molecule has 0 saturated heterocycles. The lowest BCUT2D eigenvalue weighted by molar-refractivity contribution is 0.0601. The van der Waals surface area contributed by atoms with Gasteiger partial charge in [0.25, 0.3) is 5.91 Å². The molecular weight excluding hydrogens is 373 g/mol. The van der Waals surface area contributed by atoms with Crippen LogP contribution in [0.5, 0.6) is 0 Å². The Morgan fingerprint density at radius 1 is 1.32 bits per heavy atom. The van der Waals surface area contributed by atoms with E-state index >= 15 is 0 Å². The average Bonchev–Trinajstić information content (AvgIpc) is 2.75. The van der Waals surface area contributed by atoms with Crippen LogP contribution in [-0.4, -0.2) is 19.0 Å². The zero-order valence-electron chi connectivity index (χ0n) is 12.1. The number of ether oxygens (including phenoxy) is 1. The molecule has 0 unspecified atom stereocenters. The predicted molar refractivity (Wildman–Crippen MR) is 87.2 cm³/mol. The van der Waals surface area contributed by atoms with Crippen LogP contribution in [-0.2, 0) is 4.74 Å². The van der Waals surface area contributed by atoms with Gasteiger partial charge in [-0.05, 0) is 53.5 Å². The Hall–Kier alpha value is -1.73. The zero-order valence-corrected chi connectivity index (χ0v) is 14.5. The fourth-order valence-electron chi connectivity index (χ4n) is 1.90. The lowest BCUT2D eigenvalue weighted by atomic mass is 10.1. The van der Waals surface area contributed by atoms with E-state index in [9.17, 15) is 14.0 Å². The third-order valence-corrected chi connectivity index (χ3v) is 4.99. The predicted octanol–water partition coefficient (Wildman–Crippen LogP) is 4.31. The first-order chi connectivity index (χ1) is 10.3. The fourth-order valence-corrected chi connectivity index (χ4v) is 3.38. The maximum absolute atomic E-state index is 13.3. The topological polar surface area (TPSA) is 55.4 Å². The maximum atomic E-state index is 13.3. The van der Waals surface area contributed by atoms with E-state index in [1.54, 1.807) is 6.92 Å². The molecule has 1 aromatic carbocycles. The first kappa shape index (κ1) is 16.6. The number of thiophene rings is 1. The van der Waals surface area contributed by atoms with Gasteiger partial charge in [0.05, 0.1) is 18.2 Å². The molecule has 2 rings (SSSR count). The molecule has 1 amide bonds. The minimum absolute atomic E-state index is 0.152. The van der Waals surface area contributed by atoms with Gasteiger partial charge in [-0.1, -0.05) is 0 Å². The molecule has 0 fully saturated rings. The highest BCUT2D eigenvalue weighted by Gasteiger charge is 2.22. The summed E-state index contributed by atoms with van der Waals surface area (Å²) in [4.78, 5) is 25.1. The van der Waals surface area contributed by atoms with E-state index in [0.29, 0.717) is 15.0 Å². The number of carbonyl (C=O) groups excluding carboxylic acids is 2. The third-order valence-electron chi connectivity index (χ3n) is 3.17. The van der Waals surface area contributed by atoms with Gasteiger partial charge in [0, 0.05) is 9.35 Å². The van der Waals surface area contributed by atoms with Gasteiger partial charge in [0.2, 0.25) is 0 Å². The van der Waals surface area contributed by atoms with Gasteiger partial charge in [-0.2, -0.15) is 0 Å². The molecule has 1 N–H and O–H groups in total. The summed E-state index contributed by atoms with van der Waals surface area (Å²) < 4.78 is 18.5. The van der Waals surface area contributed by atoms with Crippen molar-refractivity contribution in [1.82, 2.24) is 0 Å². The first-order valence-electron chi connectivity index (χ1n) is 6.29. The molecule has 0 aliphatic carbocycles. The summed E-state index contributed by atoms with van der Waals surface area (Å²) >= 11 is 4.49. The number of rotatable bonds is 3. The van der Waals surface area contributed by atoms with Crippen molar-refractivity contribution in [2.75, 3.05) is 12.4 Å². The fraction of sp³-hybridized carbons (Fsp3) is 0.200. The van der Waals surface area contributed by atoms with E-state index in [-0.39, 0.29) is 5.56 Å². The van der Waals surface area contributed by atoms with Crippen LogP contribution in [0.2, 0.25) is 0 Å². The van der Waals surface area contributed by atoms with Gasteiger partial charge >= 0.3 is 5.97 Å². The van der Waals surface area contributed by atoms with Crippen LogP contribution in [0.1, 0.15) is 31.2 Å². The van der Waals surface area contributed by atoms with Gasteiger partial charge in [-0.3, -0.25) is 4.79 Å². The van der Waals surface area contributed by atoms with Gasteiger partial charge in [0.1, 0.15) is 10.8 Å². The summed E-state index contributed by atoms with van der Waals surface area (Å²) in [7, 11) is 1.28. The second-order valence-electron chi connectivity index (χ2n) is 4.56. The van der Waals surface area contributed by atoms with Crippen LogP contribution in [0.25, 0.3) is 0 Å². The molecule has 116 valence electrons. The summed E-state index contributed by atoms with van der Waals surface area (Å²) in [6, 6.07) is 3.83. The molecule has 1 aromatic heterocycles. The van der Waals surface area contributed by atoms with Crippen LogP contribution < -0.4 is 5.32 Å². The molecule has 0 aliphatic rings. The third kappa shape index (κ3) is 3.20. The van der Waals surface area contributed by atoms with Gasteiger partial charge < -0.3 is 10.1 Å². The Kier molecular flexibility index (Phi) is 4.97. The number of hydrogen-bond donors (Lipinski definition) is 1. The minimum Gasteiger partial charge on any atom is -0.465 e. The Morgan fingerprint density at radius 2 is 2.00 bits per heavy atom. The van der Waals surface area contributed by atoms with Crippen LogP contribution in [0.4, 0.5) is 9.39 Å². The average molecular weight is 386 g/mol. The number of hydrogen-bond acceptors (Lipinski definition) is 4. The van der Waals surface area contributed by atoms with Gasteiger partial charge in [-0.15, -0.1) is 11.3 Å². The number of anilines is 1. The Morgan fingerprint density at radius 3 is 2.64 bits per heavy atom.